The number of thiazole rings is 1. The molecular weight excluding hydrogens is 550 g/mol. The molecule has 1 heterocycles. The number of nitrogens with zero attached hydrogens (tertiary/aromatic N) is 1. The summed E-state index contributed by atoms with van der Waals surface area (Å²) < 4.78 is 130. The van der Waals surface area contributed by atoms with E-state index in [1.54, 1.807) is 5.32 Å². The Morgan fingerprint density at radius 2 is 1.53 bits per heavy atom. The zero-order chi connectivity index (χ0) is 23.3. The minimum Gasteiger partial charge on any atom is -0.319 e. The lowest BCUT2D eigenvalue weighted by atomic mass is 9.92. The van der Waals surface area contributed by atoms with E-state index in [1.807, 2.05) is 0 Å². The Morgan fingerprint density at radius 3 is 1.93 bits per heavy atom. The molecule has 2 rings (SSSR count). The molecule has 0 aliphatic carbocycles. The minimum atomic E-state index is -6.63. The van der Waals surface area contributed by atoms with Gasteiger partial charge >= 0.3 is 24.2 Å². The topological polar surface area (TPSA) is 42.0 Å². The highest BCUT2D eigenvalue weighted by Gasteiger charge is 2.73. The van der Waals surface area contributed by atoms with Crippen LogP contribution in [0.25, 0.3) is 0 Å². The molecular formula is C14H4BrClF10N2OS. The van der Waals surface area contributed by atoms with Gasteiger partial charge in [0.25, 0.3) is 5.91 Å². The van der Waals surface area contributed by atoms with Gasteiger partial charge in [0.2, 0.25) is 0 Å². The zero-order valence-corrected chi connectivity index (χ0v) is 16.7. The van der Waals surface area contributed by atoms with E-state index in [2.05, 4.69) is 20.9 Å². The van der Waals surface area contributed by atoms with Crippen LogP contribution in [-0.4, -0.2) is 23.2 Å². The number of aromatic nitrogens is 1. The van der Waals surface area contributed by atoms with E-state index in [9.17, 15) is 48.7 Å². The number of benzene rings is 1. The molecule has 1 N–H and O–H groups in total. The maximum atomic E-state index is 14.2. The molecule has 0 saturated heterocycles. The van der Waals surface area contributed by atoms with E-state index < -0.39 is 63.2 Å². The lowest BCUT2D eigenvalue weighted by molar-refractivity contribution is -0.348. The number of alkyl halides is 10. The number of hydrogen-bond donors (Lipinski definition) is 1. The Kier molecular flexibility index (Phi) is 6.43. The van der Waals surface area contributed by atoms with Gasteiger partial charge < -0.3 is 5.32 Å². The van der Waals surface area contributed by atoms with Crippen LogP contribution in [0.4, 0.5) is 49.6 Å². The van der Waals surface area contributed by atoms with Gasteiger partial charge in [-0.05, 0) is 28.1 Å². The second kappa shape index (κ2) is 7.82. The minimum absolute atomic E-state index is 0.153. The number of rotatable bonds is 3. The van der Waals surface area contributed by atoms with Crippen molar-refractivity contribution in [2.45, 2.75) is 24.2 Å². The summed E-state index contributed by atoms with van der Waals surface area (Å²) in [7, 11) is 0. The van der Waals surface area contributed by atoms with E-state index in [0.717, 1.165) is 16.7 Å². The third-order valence-corrected chi connectivity index (χ3v) is 5.13. The molecule has 166 valence electrons. The molecule has 3 nitrogen and oxygen atoms in total. The molecule has 0 unspecified atom stereocenters. The first-order valence-electron chi connectivity index (χ1n) is 7.05. The lowest BCUT2D eigenvalue weighted by Gasteiger charge is -2.31. The Bertz CT molecular complexity index is 955. The fraction of sp³-hybridized carbons (Fsp3) is 0.286. The largest absolute Gasteiger partial charge is 0.435 e. The van der Waals surface area contributed by atoms with Crippen LogP contribution in [0.5, 0.6) is 0 Å². The van der Waals surface area contributed by atoms with Crippen LogP contribution in [0.3, 0.4) is 0 Å². The first-order chi connectivity index (χ1) is 13.4. The van der Waals surface area contributed by atoms with Gasteiger partial charge in [-0.2, -0.15) is 39.5 Å². The molecule has 0 radical (unpaired) electrons. The lowest BCUT2D eigenvalue weighted by Crippen LogP contribution is -2.50. The molecule has 0 saturated carbocycles. The second-order valence-electron chi connectivity index (χ2n) is 5.47. The number of nitrogens with one attached hydrogen (secondary N) is 1. The monoisotopic (exact) mass is 552 g/mol. The summed E-state index contributed by atoms with van der Waals surface area (Å²) in [4.78, 5) is 15.5. The number of carbonyl (C=O) groups excluding carboxylic acids is 1. The standard InChI is InChI=1S/C14H4BrClF10N2OS/c15-6-2-4(11(17,13(21,22)23)14(24,25)26)1-5(12(18,19)20)8(6)28-9(29)7-3-30-10(16)27-7/h1-3H,(H,28,29). The van der Waals surface area contributed by atoms with Crippen LogP contribution in [0.1, 0.15) is 21.6 Å². The molecule has 1 amide bonds. The molecule has 1 aromatic carbocycles. The molecule has 0 aliphatic rings. The number of hydrogen-bond acceptors (Lipinski definition) is 3. The number of amides is 1. The molecule has 1 aromatic heterocycles. The van der Waals surface area contributed by atoms with Crippen molar-refractivity contribution in [3.05, 3.63) is 43.3 Å². The van der Waals surface area contributed by atoms with Crippen LogP contribution in [-0.2, 0) is 11.8 Å². The molecule has 2 aromatic rings. The highest BCUT2D eigenvalue weighted by atomic mass is 79.9. The molecule has 30 heavy (non-hydrogen) atoms. The Labute approximate surface area is 177 Å². The van der Waals surface area contributed by atoms with Crippen molar-refractivity contribution < 1.29 is 48.7 Å². The van der Waals surface area contributed by atoms with E-state index in [-0.39, 0.29) is 10.5 Å². The Morgan fingerprint density at radius 1 is 1.00 bits per heavy atom. The average molecular weight is 554 g/mol. The summed E-state index contributed by atoms with van der Waals surface area (Å²) in [6, 6.07) is -0.824. The van der Waals surface area contributed by atoms with Gasteiger partial charge in [-0.3, -0.25) is 4.79 Å². The summed E-state index contributed by atoms with van der Waals surface area (Å²) >= 11 is 8.57. The molecule has 16 heteroatoms. The number of anilines is 1. The first kappa shape index (κ1) is 24.7. The number of halogens is 12. The van der Waals surface area contributed by atoms with Crippen molar-refractivity contribution >= 4 is 50.5 Å². The van der Waals surface area contributed by atoms with E-state index >= 15 is 0 Å². The summed E-state index contributed by atoms with van der Waals surface area (Å²) in [5.41, 5.74) is -12.4. The predicted molar refractivity (Wildman–Crippen MR) is 89.1 cm³/mol. The summed E-state index contributed by atoms with van der Waals surface area (Å²) in [6.45, 7) is 0. The van der Waals surface area contributed by atoms with Gasteiger partial charge in [0.15, 0.2) is 4.47 Å². The van der Waals surface area contributed by atoms with Gasteiger partial charge in [-0.1, -0.05) is 11.6 Å². The van der Waals surface area contributed by atoms with E-state index in [0.29, 0.717) is 0 Å². The molecule has 0 spiro atoms. The van der Waals surface area contributed by atoms with Gasteiger partial charge in [-0.15, -0.1) is 11.3 Å². The van der Waals surface area contributed by atoms with Crippen molar-refractivity contribution in [2.75, 3.05) is 5.32 Å². The van der Waals surface area contributed by atoms with Crippen LogP contribution >= 0.6 is 38.9 Å². The van der Waals surface area contributed by atoms with Crippen molar-refractivity contribution in [3.63, 3.8) is 0 Å². The van der Waals surface area contributed by atoms with Gasteiger partial charge in [0, 0.05) is 15.4 Å². The van der Waals surface area contributed by atoms with Crippen molar-refractivity contribution in [1.82, 2.24) is 4.98 Å². The predicted octanol–water partition coefficient (Wildman–Crippen LogP) is 7.12. The van der Waals surface area contributed by atoms with Crippen LogP contribution in [0.15, 0.2) is 22.0 Å². The third kappa shape index (κ3) is 4.51. The van der Waals surface area contributed by atoms with Gasteiger partial charge in [-0.25, -0.2) is 9.37 Å². The molecule has 0 fully saturated rings. The highest BCUT2D eigenvalue weighted by Crippen LogP contribution is 2.55. The molecule has 0 bridgehead atoms. The summed E-state index contributed by atoms with van der Waals surface area (Å²) in [6.07, 6.45) is -18.8. The van der Waals surface area contributed by atoms with Crippen molar-refractivity contribution in [3.8, 4) is 0 Å². The molecule has 0 aliphatic heterocycles. The molecule has 0 atom stereocenters. The van der Waals surface area contributed by atoms with E-state index in [4.69, 9.17) is 11.6 Å². The Hall–Kier alpha value is -1.61. The van der Waals surface area contributed by atoms with Crippen molar-refractivity contribution in [2.24, 2.45) is 0 Å². The number of carbonyl (C=O) groups is 1. The Balaban J connectivity index is 2.69. The maximum Gasteiger partial charge on any atom is 0.435 e. The smallest absolute Gasteiger partial charge is 0.319 e. The highest BCUT2D eigenvalue weighted by molar-refractivity contribution is 9.10. The van der Waals surface area contributed by atoms with E-state index in [1.165, 1.54) is 0 Å². The van der Waals surface area contributed by atoms with Crippen LogP contribution in [0, 0.1) is 0 Å². The second-order valence-corrected chi connectivity index (χ2v) is 7.77. The van der Waals surface area contributed by atoms with Gasteiger partial charge in [0.1, 0.15) is 5.69 Å². The van der Waals surface area contributed by atoms with Crippen molar-refractivity contribution in [1.29, 1.82) is 0 Å². The fourth-order valence-electron chi connectivity index (χ4n) is 2.18. The summed E-state index contributed by atoms with van der Waals surface area (Å²) in [5.74, 6) is -1.30. The summed E-state index contributed by atoms with van der Waals surface area (Å²) in [5, 5.41) is 2.70. The maximum absolute atomic E-state index is 14.2. The SMILES string of the molecule is O=C(Nc1c(Br)cc(C(F)(C(F)(F)F)C(F)(F)F)cc1C(F)(F)F)c1csc(Cl)n1. The van der Waals surface area contributed by atoms with Crippen LogP contribution in [0.2, 0.25) is 4.47 Å². The zero-order valence-electron chi connectivity index (χ0n) is 13.5. The average Bonchev–Trinajstić information content (AvgIpc) is 2.99. The fourth-order valence-corrected chi connectivity index (χ4v) is 3.48. The quantitative estimate of drug-likeness (QED) is 0.412. The normalized spacial score (nSPS) is 13.5. The third-order valence-electron chi connectivity index (χ3n) is 3.52. The van der Waals surface area contributed by atoms with Gasteiger partial charge in [0.05, 0.1) is 11.3 Å². The first-order valence-corrected chi connectivity index (χ1v) is 9.10. The van der Waals surface area contributed by atoms with Crippen LogP contribution < -0.4 is 5.32 Å².